The first-order valence-corrected chi connectivity index (χ1v) is 9.09. The fraction of sp³-hybridized carbons (Fsp3) is 0.333. The average Bonchev–Trinajstić information content (AvgIpc) is 3.38. The molecule has 1 aliphatic carbocycles. The van der Waals surface area contributed by atoms with Crippen LogP contribution in [-0.4, -0.2) is 29.3 Å². The van der Waals surface area contributed by atoms with Crippen molar-refractivity contribution in [2.75, 3.05) is 11.9 Å². The number of hydrogen-bond acceptors (Lipinski definition) is 2. The Morgan fingerprint density at radius 1 is 1.00 bits per heavy atom. The third kappa shape index (κ3) is 3.47. The van der Waals surface area contributed by atoms with Crippen LogP contribution in [0.2, 0.25) is 0 Å². The summed E-state index contributed by atoms with van der Waals surface area (Å²) in [6.07, 6.45) is 3.48. The lowest BCUT2D eigenvalue weighted by atomic mass is 10.1. The highest BCUT2D eigenvalue weighted by atomic mass is 19.1. The Morgan fingerprint density at radius 2 is 1.77 bits per heavy atom. The molecule has 1 N–H and O–H groups in total. The predicted octanol–water partition coefficient (Wildman–Crippen LogP) is 3.83. The van der Waals surface area contributed by atoms with E-state index in [9.17, 15) is 14.0 Å². The molecule has 2 amide bonds. The fourth-order valence-corrected chi connectivity index (χ4v) is 3.51. The summed E-state index contributed by atoms with van der Waals surface area (Å²) in [4.78, 5) is 26.7. The normalized spacial score (nSPS) is 19.4. The minimum atomic E-state index is -0.369. The highest BCUT2D eigenvalue weighted by molar-refractivity contribution is 5.98. The summed E-state index contributed by atoms with van der Waals surface area (Å²) in [6.45, 7) is 0.673. The molecule has 0 spiro atoms. The topological polar surface area (TPSA) is 49.4 Å². The Kier molecular flexibility index (Phi) is 4.45. The van der Waals surface area contributed by atoms with Crippen LogP contribution < -0.4 is 5.32 Å². The maximum absolute atomic E-state index is 13.4. The highest BCUT2D eigenvalue weighted by Gasteiger charge is 2.40. The summed E-state index contributed by atoms with van der Waals surface area (Å²) >= 11 is 0. The number of anilines is 1. The minimum absolute atomic E-state index is 0.129. The summed E-state index contributed by atoms with van der Waals surface area (Å²) in [5.74, 6) is -0.144. The molecule has 2 aliphatic rings. The van der Waals surface area contributed by atoms with Gasteiger partial charge in [0.1, 0.15) is 11.9 Å². The van der Waals surface area contributed by atoms with E-state index in [1.165, 1.54) is 12.1 Å². The molecule has 4 rings (SSSR count). The predicted molar refractivity (Wildman–Crippen MR) is 97.9 cm³/mol. The van der Waals surface area contributed by atoms with E-state index in [2.05, 4.69) is 5.32 Å². The Labute approximate surface area is 152 Å². The average molecular weight is 352 g/mol. The molecule has 2 aromatic rings. The van der Waals surface area contributed by atoms with Gasteiger partial charge in [0, 0.05) is 18.2 Å². The largest absolute Gasteiger partial charge is 0.330 e. The summed E-state index contributed by atoms with van der Waals surface area (Å²) in [6, 6.07) is 13.4. The van der Waals surface area contributed by atoms with Gasteiger partial charge in [-0.1, -0.05) is 24.3 Å². The first-order valence-electron chi connectivity index (χ1n) is 9.09. The molecule has 2 aromatic carbocycles. The lowest BCUT2D eigenvalue weighted by molar-refractivity contribution is -0.137. The zero-order valence-electron chi connectivity index (χ0n) is 14.5. The van der Waals surface area contributed by atoms with Crippen molar-refractivity contribution in [3.05, 3.63) is 54.3 Å². The third-order valence-electron chi connectivity index (χ3n) is 5.08. The number of nitrogens with one attached hydrogen (secondary N) is 1. The van der Waals surface area contributed by atoms with Crippen LogP contribution in [0.25, 0.3) is 11.1 Å². The van der Waals surface area contributed by atoms with E-state index < -0.39 is 0 Å². The molecule has 26 heavy (non-hydrogen) atoms. The summed E-state index contributed by atoms with van der Waals surface area (Å²) in [5.41, 5.74) is 2.36. The van der Waals surface area contributed by atoms with Crippen molar-refractivity contribution >= 4 is 17.5 Å². The van der Waals surface area contributed by atoms with Crippen molar-refractivity contribution in [3.8, 4) is 11.1 Å². The van der Waals surface area contributed by atoms with Gasteiger partial charge in [0.15, 0.2) is 0 Å². The SMILES string of the molecule is O=C(Nc1ccc(-c2cccc(F)c2)cc1)[C@H]1CCCN1C(=O)C1CC1. The first kappa shape index (κ1) is 16.8. The fourth-order valence-electron chi connectivity index (χ4n) is 3.51. The maximum Gasteiger partial charge on any atom is 0.247 e. The second-order valence-electron chi connectivity index (χ2n) is 7.04. The quantitative estimate of drug-likeness (QED) is 0.909. The summed E-state index contributed by atoms with van der Waals surface area (Å²) < 4.78 is 13.4. The maximum atomic E-state index is 13.4. The number of amides is 2. The molecule has 0 radical (unpaired) electrons. The molecule has 1 heterocycles. The van der Waals surface area contributed by atoms with Gasteiger partial charge in [-0.3, -0.25) is 9.59 Å². The van der Waals surface area contributed by atoms with Crippen molar-refractivity contribution in [1.29, 1.82) is 0 Å². The van der Waals surface area contributed by atoms with Crippen LogP contribution >= 0.6 is 0 Å². The Balaban J connectivity index is 1.43. The van der Waals surface area contributed by atoms with Gasteiger partial charge in [-0.15, -0.1) is 0 Å². The number of rotatable bonds is 4. The van der Waals surface area contributed by atoms with E-state index in [1.54, 1.807) is 23.1 Å². The van der Waals surface area contributed by atoms with Gasteiger partial charge in [0.05, 0.1) is 0 Å². The van der Waals surface area contributed by atoms with E-state index >= 15 is 0 Å². The van der Waals surface area contributed by atoms with E-state index in [4.69, 9.17) is 0 Å². The second kappa shape index (κ2) is 6.90. The van der Waals surface area contributed by atoms with Crippen LogP contribution in [0.3, 0.4) is 0 Å². The molecule has 4 nitrogen and oxygen atoms in total. The van der Waals surface area contributed by atoms with Crippen LogP contribution in [0.1, 0.15) is 25.7 Å². The van der Waals surface area contributed by atoms with Crippen molar-refractivity contribution < 1.29 is 14.0 Å². The van der Waals surface area contributed by atoms with Crippen LogP contribution in [-0.2, 0) is 9.59 Å². The smallest absolute Gasteiger partial charge is 0.247 e. The van der Waals surface area contributed by atoms with Crippen LogP contribution in [0.4, 0.5) is 10.1 Å². The molecule has 1 saturated carbocycles. The molecule has 2 fully saturated rings. The van der Waals surface area contributed by atoms with Crippen LogP contribution in [0.5, 0.6) is 0 Å². The number of hydrogen-bond donors (Lipinski definition) is 1. The number of carbonyl (C=O) groups excluding carboxylic acids is 2. The molecule has 0 aromatic heterocycles. The first-order chi connectivity index (χ1) is 12.6. The molecular formula is C21H21FN2O2. The van der Waals surface area contributed by atoms with Crippen molar-refractivity contribution in [2.45, 2.75) is 31.7 Å². The second-order valence-corrected chi connectivity index (χ2v) is 7.04. The van der Waals surface area contributed by atoms with Gasteiger partial charge in [0.25, 0.3) is 0 Å². The Hall–Kier alpha value is -2.69. The summed E-state index contributed by atoms with van der Waals surface area (Å²) in [5, 5.41) is 2.91. The Bertz CT molecular complexity index is 830. The van der Waals surface area contributed by atoms with Gasteiger partial charge in [-0.25, -0.2) is 4.39 Å². The molecule has 1 atom stereocenters. The molecule has 1 saturated heterocycles. The number of likely N-dealkylation sites (tertiary alicyclic amines) is 1. The number of benzene rings is 2. The third-order valence-corrected chi connectivity index (χ3v) is 5.08. The van der Waals surface area contributed by atoms with Crippen molar-refractivity contribution in [3.63, 3.8) is 0 Å². The monoisotopic (exact) mass is 352 g/mol. The molecule has 134 valence electrons. The van der Waals surface area contributed by atoms with E-state index in [0.29, 0.717) is 18.7 Å². The summed E-state index contributed by atoms with van der Waals surface area (Å²) in [7, 11) is 0. The minimum Gasteiger partial charge on any atom is -0.330 e. The Morgan fingerprint density at radius 3 is 2.46 bits per heavy atom. The van der Waals surface area contributed by atoms with E-state index in [-0.39, 0.29) is 29.6 Å². The van der Waals surface area contributed by atoms with Crippen LogP contribution in [0, 0.1) is 11.7 Å². The standard InChI is InChI=1S/C21H21FN2O2/c22-17-4-1-3-16(13-17)14-8-10-18(11-9-14)23-20(25)19-5-2-12-24(19)21(26)15-6-7-15/h1,3-4,8-11,13,15,19H,2,5-7,12H2,(H,23,25)/t19-/m1/s1. The molecule has 0 bridgehead atoms. The van der Waals surface area contributed by atoms with Gasteiger partial charge < -0.3 is 10.2 Å². The molecule has 0 unspecified atom stereocenters. The molecule has 5 heteroatoms. The lowest BCUT2D eigenvalue weighted by Gasteiger charge is -2.24. The van der Waals surface area contributed by atoms with Crippen molar-refractivity contribution in [1.82, 2.24) is 4.90 Å². The zero-order chi connectivity index (χ0) is 18.1. The van der Waals surface area contributed by atoms with Gasteiger partial charge >= 0.3 is 0 Å². The van der Waals surface area contributed by atoms with Gasteiger partial charge in [-0.2, -0.15) is 0 Å². The highest BCUT2D eigenvalue weighted by Crippen LogP contribution is 2.34. The van der Waals surface area contributed by atoms with Crippen molar-refractivity contribution in [2.24, 2.45) is 5.92 Å². The lowest BCUT2D eigenvalue weighted by Crippen LogP contribution is -2.43. The zero-order valence-corrected chi connectivity index (χ0v) is 14.5. The van der Waals surface area contributed by atoms with Gasteiger partial charge in [-0.05, 0) is 61.1 Å². The van der Waals surface area contributed by atoms with E-state index in [1.807, 2.05) is 18.2 Å². The molecule has 1 aliphatic heterocycles. The number of halogens is 1. The van der Waals surface area contributed by atoms with Crippen LogP contribution in [0.15, 0.2) is 48.5 Å². The van der Waals surface area contributed by atoms with Gasteiger partial charge in [0.2, 0.25) is 11.8 Å². The number of carbonyl (C=O) groups is 2. The molecular weight excluding hydrogens is 331 g/mol. The van der Waals surface area contributed by atoms with E-state index in [0.717, 1.165) is 30.4 Å². The number of nitrogens with zero attached hydrogens (tertiary/aromatic N) is 1.